The van der Waals surface area contributed by atoms with E-state index in [1.807, 2.05) is 0 Å². The summed E-state index contributed by atoms with van der Waals surface area (Å²) in [6.07, 6.45) is -1.60. The Bertz CT molecular complexity index is 458. The molecule has 0 saturated heterocycles. The molecule has 1 unspecified atom stereocenters. The zero-order valence-electron chi connectivity index (χ0n) is 9.18. The van der Waals surface area contributed by atoms with E-state index >= 15 is 0 Å². The molecule has 18 heavy (non-hydrogen) atoms. The highest BCUT2D eigenvalue weighted by atomic mass is 16.4. The topological polar surface area (TPSA) is 115 Å². The van der Waals surface area contributed by atoms with E-state index in [9.17, 15) is 14.4 Å². The van der Waals surface area contributed by atoms with Gasteiger partial charge in [-0.15, -0.1) is 0 Å². The zero-order valence-corrected chi connectivity index (χ0v) is 9.18. The maximum absolute atomic E-state index is 11.1. The summed E-state index contributed by atoms with van der Waals surface area (Å²) < 4.78 is 0. The Morgan fingerprint density at radius 3 is 2.00 bits per heavy atom. The number of aliphatic carboxylic acids is 2. The van der Waals surface area contributed by atoms with Crippen LogP contribution in [-0.4, -0.2) is 44.8 Å². The fourth-order valence-corrected chi connectivity index (χ4v) is 1.51. The molecule has 1 aromatic rings. The van der Waals surface area contributed by atoms with Gasteiger partial charge in [0.05, 0.1) is 0 Å². The highest BCUT2D eigenvalue weighted by molar-refractivity contribution is 5.83. The van der Waals surface area contributed by atoms with Gasteiger partial charge in [0.2, 0.25) is 0 Å². The minimum atomic E-state index is -1.60. The van der Waals surface area contributed by atoms with Crippen LogP contribution in [0.2, 0.25) is 0 Å². The lowest BCUT2D eigenvalue weighted by atomic mass is 10.1. The molecule has 0 aliphatic rings. The average molecular weight is 253 g/mol. The second-order valence-electron chi connectivity index (χ2n) is 3.46. The Balaban J connectivity index is 3.13. The lowest BCUT2D eigenvalue weighted by Gasteiger charge is -2.24. The Morgan fingerprint density at radius 1 is 1.06 bits per heavy atom. The summed E-state index contributed by atoms with van der Waals surface area (Å²) in [6, 6.07) is 6.05. The third-order valence-corrected chi connectivity index (χ3v) is 2.21. The maximum atomic E-state index is 11.1. The molecule has 1 aromatic carbocycles. The van der Waals surface area contributed by atoms with Crippen molar-refractivity contribution < 1.29 is 29.7 Å². The number of nitrogens with zero attached hydrogens (tertiary/aromatic N) is 1. The van der Waals surface area contributed by atoms with Gasteiger partial charge in [-0.2, -0.15) is 0 Å². The van der Waals surface area contributed by atoms with E-state index in [0.717, 1.165) is 0 Å². The summed E-state index contributed by atoms with van der Waals surface area (Å²) in [4.78, 5) is 33.0. The van der Waals surface area contributed by atoms with Crippen molar-refractivity contribution in [2.45, 2.75) is 6.04 Å². The largest absolute Gasteiger partial charge is 0.480 e. The van der Waals surface area contributed by atoms with Gasteiger partial charge in [-0.1, -0.05) is 30.3 Å². The summed E-state index contributed by atoms with van der Waals surface area (Å²) in [5.41, 5.74) is 0.202. The van der Waals surface area contributed by atoms with Gasteiger partial charge in [0.15, 0.2) is 6.04 Å². The van der Waals surface area contributed by atoms with Crippen molar-refractivity contribution in [3.05, 3.63) is 35.9 Å². The van der Waals surface area contributed by atoms with Crippen LogP contribution in [0.3, 0.4) is 0 Å². The minimum Gasteiger partial charge on any atom is -0.480 e. The molecular formula is C11H11NO6. The monoisotopic (exact) mass is 253 g/mol. The molecule has 7 nitrogen and oxygen atoms in total. The first-order valence-electron chi connectivity index (χ1n) is 4.92. The summed E-state index contributed by atoms with van der Waals surface area (Å²) in [6.45, 7) is -0.902. The predicted molar refractivity (Wildman–Crippen MR) is 59.2 cm³/mol. The molecule has 0 fully saturated rings. The molecule has 1 atom stereocenters. The molecule has 0 saturated carbocycles. The quantitative estimate of drug-likeness (QED) is 0.717. The molecular weight excluding hydrogens is 242 g/mol. The lowest BCUT2D eigenvalue weighted by Crippen LogP contribution is -2.41. The van der Waals surface area contributed by atoms with E-state index in [-0.39, 0.29) is 5.56 Å². The second-order valence-corrected chi connectivity index (χ2v) is 3.46. The SMILES string of the molecule is O=C(O)CN(C(=O)O)C(C(=O)O)c1ccccc1. The highest BCUT2D eigenvalue weighted by Crippen LogP contribution is 2.20. The van der Waals surface area contributed by atoms with Crippen LogP contribution in [0.5, 0.6) is 0 Å². The van der Waals surface area contributed by atoms with E-state index in [0.29, 0.717) is 4.90 Å². The van der Waals surface area contributed by atoms with E-state index in [2.05, 4.69) is 0 Å². The summed E-state index contributed by atoms with van der Waals surface area (Å²) >= 11 is 0. The van der Waals surface area contributed by atoms with Crippen LogP contribution in [0, 0.1) is 0 Å². The fourth-order valence-electron chi connectivity index (χ4n) is 1.51. The smallest absolute Gasteiger partial charge is 0.408 e. The molecule has 0 heterocycles. The van der Waals surface area contributed by atoms with Crippen LogP contribution in [0.15, 0.2) is 30.3 Å². The maximum Gasteiger partial charge on any atom is 0.408 e. The third-order valence-electron chi connectivity index (χ3n) is 2.21. The summed E-state index contributed by atoms with van der Waals surface area (Å²) in [7, 11) is 0. The van der Waals surface area contributed by atoms with Gasteiger partial charge in [0.25, 0.3) is 0 Å². The highest BCUT2D eigenvalue weighted by Gasteiger charge is 2.32. The van der Waals surface area contributed by atoms with Gasteiger partial charge in [0, 0.05) is 0 Å². The van der Waals surface area contributed by atoms with E-state index < -0.39 is 30.6 Å². The van der Waals surface area contributed by atoms with Gasteiger partial charge in [0.1, 0.15) is 6.54 Å². The Kier molecular flexibility index (Phi) is 4.25. The van der Waals surface area contributed by atoms with Gasteiger partial charge in [-0.05, 0) is 5.56 Å². The van der Waals surface area contributed by atoms with Crippen LogP contribution in [-0.2, 0) is 9.59 Å². The second kappa shape index (κ2) is 5.67. The number of hydrogen-bond donors (Lipinski definition) is 3. The number of carbonyl (C=O) groups is 3. The fraction of sp³-hybridized carbons (Fsp3) is 0.182. The van der Waals surface area contributed by atoms with Crippen molar-refractivity contribution in [3.8, 4) is 0 Å². The van der Waals surface area contributed by atoms with Crippen LogP contribution >= 0.6 is 0 Å². The van der Waals surface area contributed by atoms with Crippen molar-refractivity contribution in [1.82, 2.24) is 4.90 Å². The van der Waals surface area contributed by atoms with Crippen molar-refractivity contribution in [1.29, 1.82) is 0 Å². The summed E-state index contributed by atoms with van der Waals surface area (Å²) in [5.74, 6) is -2.84. The molecule has 0 spiro atoms. The minimum absolute atomic E-state index is 0.202. The average Bonchev–Trinajstić information content (AvgIpc) is 2.28. The summed E-state index contributed by atoms with van der Waals surface area (Å²) in [5, 5.41) is 26.6. The van der Waals surface area contributed by atoms with Crippen molar-refractivity contribution >= 4 is 18.0 Å². The van der Waals surface area contributed by atoms with Gasteiger partial charge >= 0.3 is 18.0 Å². The van der Waals surface area contributed by atoms with Crippen LogP contribution < -0.4 is 0 Å². The number of hydrogen-bond acceptors (Lipinski definition) is 3. The Labute approximate surface area is 102 Å². The first-order chi connectivity index (χ1) is 8.43. The molecule has 1 rings (SSSR count). The standard InChI is InChI=1S/C11H11NO6/c13-8(14)6-12(11(17)18)9(10(15)16)7-4-2-1-3-5-7/h1-5,9H,6H2,(H,13,14)(H,15,16)(H,17,18). The van der Waals surface area contributed by atoms with Gasteiger partial charge in [-0.25, -0.2) is 9.59 Å². The van der Waals surface area contributed by atoms with Gasteiger partial charge < -0.3 is 15.3 Å². The molecule has 0 aliphatic heterocycles. The van der Waals surface area contributed by atoms with Crippen molar-refractivity contribution in [3.63, 3.8) is 0 Å². The first-order valence-corrected chi connectivity index (χ1v) is 4.92. The lowest BCUT2D eigenvalue weighted by molar-refractivity contribution is -0.145. The first kappa shape index (κ1) is 13.5. The molecule has 0 aromatic heterocycles. The zero-order chi connectivity index (χ0) is 13.7. The van der Waals surface area contributed by atoms with Crippen molar-refractivity contribution in [2.24, 2.45) is 0 Å². The molecule has 7 heteroatoms. The Hall–Kier alpha value is -2.57. The third kappa shape index (κ3) is 3.21. The molecule has 96 valence electrons. The molecule has 1 amide bonds. The van der Waals surface area contributed by atoms with Gasteiger partial charge in [-0.3, -0.25) is 9.69 Å². The molecule has 3 N–H and O–H groups in total. The van der Waals surface area contributed by atoms with Crippen LogP contribution in [0.1, 0.15) is 11.6 Å². The Morgan fingerprint density at radius 2 is 1.61 bits per heavy atom. The number of amides is 1. The number of benzene rings is 1. The van der Waals surface area contributed by atoms with Crippen LogP contribution in [0.25, 0.3) is 0 Å². The molecule has 0 bridgehead atoms. The number of carboxylic acids is 2. The molecule has 0 radical (unpaired) electrons. The predicted octanol–water partition coefficient (Wildman–Crippen LogP) is 0.877. The van der Waals surface area contributed by atoms with E-state index in [1.54, 1.807) is 18.2 Å². The normalized spacial score (nSPS) is 11.6. The molecule has 0 aliphatic carbocycles. The van der Waals surface area contributed by atoms with Crippen molar-refractivity contribution in [2.75, 3.05) is 6.54 Å². The van der Waals surface area contributed by atoms with Crippen LogP contribution in [0.4, 0.5) is 4.79 Å². The van der Waals surface area contributed by atoms with E-state index in [1.165, 1.54) is 12.1 Å². The number of rotatable bonds is 5. The number of carboxylic acid groups (broad SMARTS) is 3. The van der Waals surface area contributed by atoms with E-state index in [4.69, 9.17) is 15.3 Å².